The summed E-state index contributed by atoms with van der Waals surface area (Å²) in [5, 5.41) is 13.9. The van der Waals surface area contributed by atoms with Gasteiger partial charge in [0.15, 0.2) is 0 Å². The van der Waals surface area contributed by atoms with Crippen LogP contribution in [0, 0.1) is 30.9 Å². The molecule has 2 aromatic rings. The van der Waals surface area contributed by atoms with Crippen molar-refractivity contribution < 1.29 is 19.3 Å². The smallest absolute Gasteiger partial charge is 0.282 e. The van der Waals surface area contributed by atoms with Crippen LogP contribution in [0.2, 0.25) is 0 Å². The number of aryl methyl sites for hydroxylation is 3. The topological polar surface area (TPSA) is 110 Å². The Morgan fingerprint density at radius 3 is 2.36 bits per heavy atom. The van der Waals surface area contributed by atoms with Gasteiger partial charge in [0.2, 0.25) is 5.91 Å². The van der Waals surface area contributed by atoms with Gasteiger partial charge in [-0.05, 0) is 38.0 Å². The number of anilines is 1. The number of rotatable bonds is 5. The van der Waals surface area contributed by atoms with Crippen molar-refractivity contribution in [3.63, 3.8) is 0 Å². The summed E-state index contributed by atoms with van der Waals surface area (Å²) in [7, 11) is 0. The van der Waals surface area contributed by atoms with Gasteiger partial charge < -0.3 is 5.32 Å². The summed E-state index contributed by atoms with van der Waals surface area (Å²) in [5.41, 5.74) is 2.99. The third-order valence-corrected chi connectivity index (χ3v) is 4.68. The summed E-state index contributed by atoms with van der Waals surface area (Å²) in [4.78, 5) is 48.6. The molecule has 0 atom stereocenters. The minimum absolute atomic E-state index is 0.00942. The van der Waals surface area contributed by atoms with Gasteiger partial charge >= 0.3 is 0 Å². The zero-order valence-electron chi connectivity index (χ0n) is 15.7. The van der Waals surface area contributed by atoms with Crippen LogP contribution in [0.3, 0.4) is 0 Å². The second-order valence-corrected chi connectivity index (χ2v) is 6.79. The highest BCUT2D eigenvalue weighted by Crippen LogP contribution is 2.30. The summed E-state index contributed by atoms with van der Waals surface area (Å²) < 4.78 is 0. The molecule has 28 heavy (non-hydrogen) atoms. The van der Waals surface area contributed by atoms with Crippen molar-refractivity contribution in [3.05, 3.63) is 68.3 Å². The molecular weight excluding hydrogens is 362 g/mol. The average molecular weight is 381 g/mol. The number of carbonyl (C=O) groups excluding carboxylic acids is 3. The molecule has 0 saturated heterocycles. The van der Waals surface area contributed by atoms with Gasteiger partial charge in [-0.15, -0.1) is 0 Å². The highest BCUT2D eigenvalue weighted by molar-refractivity contribution is 6.23. The Kier molecular flexibility index (Phi) is 4.96. The number of fused-ring (bicyclic) bond motifs is 1. The summed E-state index contributed by atoms with van der Waals surface area (Å²) in [6.07, 6.45) is -0.105. The van der Waals surface area contributed by atoms with Gasteiger partial charge in [-0.3, -0.25) is 29.4 Å². The molecule has 1 N–H and O–H groups in total. The van der Waals surface area contributed by atoms with Crippen molar-refractivity contribution in [3.8, 4) is 0 Å². The molecule has 144 valence electrons. The van der Waals surface area contributed by atoms with Crippen LogP contribution in [0.5, 0.6) is 0 Å². The lowest BCUT2D eigenvalue weighted by Gasteiger charge is -2.15. The molecule has 0 radical (unpaired) electrons. The van der Waals surface area contributed by atoms with Crippen molar-refractivity contribution in [2.24, 2.45) is 0 Å². The molecule has 3 rings (SSSR count). The second kappa shape index (κ2) is 7.22. The number of carbonyl (C=O) groups is 3. The Morgan fingerprint density at radius 2 is 1.75 bits per heavy atom. The molecule has 0 unspecified atom stereocenters. The quantitative estimate of drug-likeness (QED) is 0.486. The third-order valence-electron chi connectivity index (χ3n) is 4.68. The summed E-state index contributed by atoms with van der Waals surface area (Å²) in [5.74, 6) is -1.72. The van der Waals surface area contributed by atoms with E-state index < -0.39 is 22.4 Å². The number of nitrogens with one attached hydrogen (secondary N) is 1. The average Bonchev–Trinajstić information content (AvgIpc) is 2.87. The first-order valence-electron chi connectivity index (χ1n) is 8.72. The minimum atomic E-state index is -0.747. The number of amides is 3. The van der Waals surface area contributed by atoms with Crippen LogP contribution < -0.4 is 5.32 Å². The lowest BCUT2D eigenvalue weighted by atomic mass is 10.1. The van der Waals surface area contributed by atoms with Crippen LogP contribution in [-0.2, 0) is 4.79 Å². The molecule has 1 heterocycles. The molecular formula is C20H19N3O5. The minimum Gasteiger partial charge on any atom is -0.326 e. The fourth-order valence-corrected chi connectivity index (χ4v) is 3.46. The van der Waals surface area contributed by atoms with E-state index in [9.17, 15) is 24.5 Å². The molecule has 3 amide bonds. The van der Waals surface area contributed by atoms with Crippen LogP contribution in [0.25, 0.3) is 0 Å². The van der Waals surface area contributed by atoms with Gasteiger partial charge in [0.25, 0.3) is 17.5 Å². The zero-order chi connectivity index (χ0) is 20.6. The Balaban J connectivity index is 1.73. The molecule has 0 spiro atoms. The van der Waals surface area contributed by atoms with Crippen molar-refractivity contribution in [2.45, 2.75) is 27.2 Å². The van der Waals surface area contributed by atoms with Crippen LogP contribution in [0.4, 0.5) is 11.4 Å². The third kappa shape index (κ3) is 3.36. The molecule has 0 aromatic heterocycles. The number of nitro benzene ring substituents is 1. The maximum absolute atomic E-state index is 12.5. The lowest BCUT2D eigenvalue weighted by molar-refractivity contribution is -0.385. The van der Waals surface area contributed by atoms with E-state index in [1.807, 2.05) is 32.9 Å². The molecule has 0 bridgehead atoms. The fourth-order valence-electron chi connectivity index (χ4n) is 3.46. The molecule has 8 heteroatoms. The standard InChI is InChI=1S/C20H19N3O5/c1-11-9-12(2)18(13(3)10-11)21-16(24)7-8-22-19(25)14-5-4-6-15(23(27)28)17(14)20(22)26/h4-6,9-10H,7-8H2,1-3H3,(H,21,24). The van der Waals surface area contributed by atoms with Gasteiger partial charge in [-0.2, -0.15) is 0 Å². The maximum Gasteiger partial charge on any atom is 0.282 e. The van der Waals surface area contributed by atoms with E-state index >= 15 is 0 Å². The van der Waals surface area contributed by atoms with E-state index in [1.54, 1.807) is 0 Å². The number of nitrogens with zero attached hydrogens (tertiary/aromatic N) is 2. The van der Waals surface area contributed by atoms with Crippen LogP contribution in [0.15, 0.2) is 30.3 Å². The van der Waals surface area contributed by atoms with Crippen LogP contribution in [-0.4, -0.2) is 34.1 Å². The number of imide groups is 1. The largest absolute Gasteiger partial charge is 0.326 e. The normalized spacial score (nSPS) is 12.9. The molecule has 0 saturated carbocycles. The first-order valence-corrected chi connectivity index (χ1v) is 8.72. The Morgan fingerprint density at radius 1 is 1.11 bits per heavy atom. The predicted molar refractivity (Wildman–Crippen MR) is 102 cm³/mol. The summed E-state index contributed by atoms with van der Waals surface area (Å²) in [6.45, 7) is 5.59. The van der Waals surface area contributed by atoms with Crippen LogP contribution in [0.1, 0.15) is 43.8 Å². The van der Waals surface area contributed by atoms with E-state index in [0.717, 1.165) is 21.6 Å². The van der Waals surface area contributed by atoms with Crippen molar-refractivity contribution in [2.75, 3.05) is 11.9 Å². The van der Waals surface area contributed by atoms with E-state index in [4.69, 9.17) is 0 Å². The number of hydrogen-bond donors (Lipinski definition) is 1. The van der Waals surface area contributed by atoms with Gasteiger partial charge in [0.05, 0.1) is 10.5 Å². The Hall–Kier alpha value is -3.55. The van der Waals surface area contributed by atoms with Crippen molar-refractivity contribution in [1.29, 1.82) is 0 Å². The molecule has 1 aliphatic rings. The Bertz CT molecular complexity index is 1010. The molecule has 8 nitrogen and oxygen atoms in total. The van der Waals surface area contributed by atoms with Gasteiger partial charge in [0.1, 0.15) is 5.56 Å². The number of hydrogen-bond acceptors (Lipinski definition) is 5. The van der Waals surface area contributed by atoms with Gasteiger partial charge in [-0.1, -0.05) is 23.8 Å². The monoisotopic (exact) mass is 381 g/mol. The Labute approximate surface area is 161 Å². The van der Waals surface area contributed by atoms with E-state index in [1.165, 1.54) is 18.2 Å². The first-order chi connectivity index (χ1) is 13.2. The molecule has 2 aromatic carbocycles. The molecule has 0 fully saturated rings. The van der Waals surface area contributed by atoms with Crippen molar-refractivity contribution in [1.82, 2.24) is 4.90 Å². The van der Waals surface area contributed by atoms with Gasteiger partial charge in [0, 0.05) is 24.7 Å². The SMILES string of the molecule is Cc1cc(C)c(NC(=O)CCN2C(=O)c3cccc([N+](=O)[O-])c3C2=O)c(C)c1. The summed E-state index contributed by atoms with van der Waals surface area (Å²) in [6, 6.07) is 7.82. The number of benzene rings is 2. The molecule has 1 aliphatic heterocycles. The highest BCUT2D eigenvalue weighted by Gasteiger charge is 2.40. The summed E-state index contributed by atoms with van der Waals surface area (Å²) >= 11 is 0. The molecule has 0 aliphatic carbocycles. The van der Waals surface area contributed by atoms with E-state index in [2.05, 4.69) is 5.32 Å². The highest BCUT2D eigenvalue weighted by atomic mass is 16.6. The van der Waals surface area contributed by atoms with E-state index in [0.29, 0.717) is 5.69 Å². The van der Waals surface area contributed by atoms with E-state index in [-0.39, 0.29) is 30.0 Å². The van der Waals surface area contributed by atoms with Crippen LogP contribution >= 0.6 is 0 Å². The predicted octanol–water partition coefficient (Wildman–Crippen LogP) is 3.14. The zero-order valence-corrected chi connectivity index (χ0v) is 15.7. The van der Waals surface area contributed by atoms with Crippen molar-refractivity contribution >= 4 is 29.1 Å². The first kappa shape index (κ1) is 19.2. The fraction of sp³-hybridized carbons (Fsp3) is 0.250. The maximum atomic E-state index is 12.5. The van der Waals surface area contributed by atoms with Gasteiger partial charge in [-0.25, -0.2) is 0 Å². The number of nitro groups is 1. The second-order valence-electron chi connectivity index (χ2n) is 6.79. The lowest BCUT2D eigenvalue weighted by Crippen LogP contribution is -2.33.